The van der Waals surface area contributed by atoms with Crippen LogP contribution in [-0.2, 0) is 4.79 Å². The number of carbonyl (C=O) groups is 2. The fraction of sp³-hybridized carbons (Fsp3) is 0.412. The average Bonchev–Trinajstić information content (AvgIpc) is 2.49. The predicted octanol–water partition coefficient (Wildman–Crippen LogP) is 4.09. The van der Waals surface area contributed by atoms with Crippen molar-refractivity contribution in [2.24, 2.45) is 0 Å². The Morgan fingerprint density at radius 3 is 2.43 bits per heavy atom. The predicted molar refractivity (Wildman–Crippen MR) is 83.2 cm³/mol. The molecule has 0 spiro atoms. The smallest absolute Gasteiger partial charge is 0.405 e. The second kappa shape index (κ2) is 9.75. The van der Waals surface area contributed by atoms with Gasteiger partial charge in [-0.05, 0) is 24.8 Å². The maximum Gasteiger partial charge on any atom is 0.405 e. The molecule has 1 amide bonds. The van der Waals surface area contributed by atoms with Crippen molar-refractivity contribution in [3.8, 4) is 0 Å². The minimum atomic E-state index is -1.18. The summed E-state index contributed by atoms with van der Waals surface area (Å²) < 4.78 is 0. The number of rotatable bonds is 10. The zero-order valence-electron chi connectivity index (χ0n) is 12.3. The number of unbranched alkanes of at least 4 members (excludes halogenated alkanes) is 4. The SMILES string of the molecule is C=CCCCCCCC(=O)C(NC(=O)O)c1ccccc1. The first-order chi connectivity index (χ1) is 10.1. The number of hydrogen-bond donors (Lipinski definition) is 2. The van der Waals surface area contributed by atoms with Gasteiger partial charge in [0.2, 0.25) is 0 Å². The number of benzene rings is 1. The third-order valence-electron chi connectivity index (χ3n) is 3.30. The van der Waals surface area contributed by atoms with Gasteiger partial charge in [-0.2, -0.15) is 0 Å². The lowest BCUT2D eigenvalue weighted by atomic mass is 9.98. The Hall–Kier alpha value is -2.10. The summed E-state index contributed by atoms with van der Waals surface area (Å²) in [5, 5.41) is 11.2. The van der Waals surface area contributed by atoms with Gasteiger partial charge in [0, 0.05) is 6.42 Å². The van der Waals surface area contributed by atoms with E-state index in [0.29, 0.717) is 12.0 Å². The maximum atomic E-state index is 12.2. The Labute approximate surface area is 125 Å². The third kappa shape index (κ3) is 6.75. The molecule has 1 rings (SSSR count). The summed E-state index contributed by atoms with van der Waals surface area (Å²) in [6.45, 7) is 3.67. The number of Topliss-reactive ketones (excluding diaryl/α,β-unsaturated/α-hetero) is 1. The number of carbonyl (C=O) groups excluding carboxylic acids is 1. The van der Waals surface area contributed by atoms with E-state index in [1.807, 2.05) is 12.1 Å². The van der Waals surface area contributed by atoms with Crippen LogP contribution in [0.3, 0.4) is 0 Å². The standard InChI is InChI=1S/C17H23NO3/c1-2-3-4-5-6-10-13-15(19)16(18-17(20)21)14-11-8-7-9-12-14/h2,7-9,11-12,16,18H,1,3-6,10,13H2,(H,20,21). The van der Waals surface area contributed by atoms with Crippen LogP contribution in [0.25, 0.3) is 0 Å². The lowest BCUT2D eigenvalue weighted by Gasteiger charge is -2.16. The van der Waals surface area contributed by atoms with Crippen molar-refractivity contribution in [3.63, 3.8) is 0 Å². The van der Waals surface area contributed by atoms with E-state index in [0.717, 1.165) is 32.1 Å². The Morgan fingerprint density at radius 2 is 1.81 bits per heavy atom. The highest BCUT2D eigenvalue weighted by Crippen LogP contribution is 2.17. The van der Waals surface area contributed by atoms with Crippen molar-refractivity contribution in [2.75, 3.05) is 0 Å². The second-order valence-corrected chi connectivity index (χ2v) is 5.00. The highest BCUT2D eigenvalue weighted by molar-refractivity contribution is 5.88. The number of nitrogens with one attached hydrogen (secondary N) is 1. The Bertz CT molecular complexity index is 456. The summed E-state index contributed by atoms with van der Waals surface area (Å²) in [6.07, 6.45) is 6.05. The molecule has 0 radical (unpaired) electrons. The summed E-state index contributed by atoms with van der Waals surface area (Å²) in [6, 6.07) is 8.20. The van der Waals surface area contributed by atoms with Crippen LogP contribution in [0.15, 0.2) is 43.0 Å². The van der Waals surface area contributed by atoms with Crippen LogP contribution in [0.1, 0.15) is 50.1 Å². The van der Waals surface area contributed by atoms with Crippen LogP contribution in [0, 0.1) is 0 Å². The van der Waals surface area contributed by atoms with Crippen LogP contribution in [0.5, 0.6) is 0 Å². The fourth-order valence-corrected chi connectivity index (χ4v) is 2.20. The van der Waals surface area contributed by atoms with Gasteiger partial charge in [-0.1, -0.05) is 49.2 Å². The highest BCUT2D eigenvalue weighted by atomic mass is 16.4. The van der Waals surface area contributed by atoms with Gasteiger partial charge in [-0.3, -0.25) is 4.79 Å². The molecule has 4 heteroatoms. The monoisotopic (exact) mass is 289 g/mol. The van der Waals surface area contributed by atoms with E-state index in [1.165, 1.54) is 0 Å². The van der Waals surface area contributed by atoms with Gasteiger partial charge in [0.25, 0.3) is 0 Å². The normalized spacial score (nSPS) is 11.6. The van der Waals surface area contributed by atoms with Crippen LogP contribution in [0.4, 0.5) is 4.79 Å². The molecule has 1 aromatic rings. The van der Waals surface area contributed by atoms with Crippen molar-refractivity contribution in [2.45, 2.75) is 44.6 Å². The molecule has 4 nitrogen and oxygen atoms in total. The zero-order valence-corrected chi connectivity index (χ0v) is 12.3. The molecule has 1 aromatic carbocycles. The third-order valence-corrected chi connectivity index (χ3v) is 3.30. The minimum Gasteiger partial charge on any atom is -0.465 e. The Kier molecular flexibility index (Phi) is 7.87. The first-order valence-electron chi connectivity index (χ1n) is 7.33. The van der Waals surface area contributed by atoms with E-state index in [2.05, 4.69) is 11.9 Å². The average molecular weight is 289 g/mol. The highest BCUT2D eigenvalue weighted by Gasteiger charge is 2.21. The van der Waals surface area contributed by atoms with Crippen LogP contribution >= 0.6 is 0 Å². The van der Waals surface area contributed by atoms with Crippen molar-refractivity contribution in [1.82, 2.24) is 5.32 Å². The lowest BCUT2D eigenvalue weighted by molar-refractivity contribution is -0.121. The Morgan fingerprint density at radius 1 is 1.14 bits per heavy atom. The molecule has 0 saturated heterocycles. The summed E-state index contributed by atoms with van der Waals surface area (Å²) in [4.78, 5) is 23.1. The van der Waals surface area contributed by atoms with E-state index in [-0.39, 0.29) is 5.78 Å². The first kappa shape index (κ1) is 17.0. The maximum absolute atomic E-state index is 12.2. The molecule has 0 aromatic heterocycles. The molecule has 1 atom stereocenters. The van der Waals surface area contributed by atoms with E-state index in [4.69, 9.17) is 5.11 Å². The summed E-state index contributed by atoms with van der Waals surface area (Å²) in [7, 11) is 0. The molecule has 0 heterocycles. The first-order valence-corrected chi connectivity index (χ1v) is 7.33. The van der Waals surface area contributed by atoms with Gasteiger partial charge in [-0.15, -0.1) is 6.58 Å². The molecule has 0 bridgehead atoms. The summed E-state index contributed by atoms with van der Waals surface area (Å²) >= 11 is 0. The number of hydrogen-bond acceptors (Lipinski definition) is 2. The quantitative estimate of drug-likeness (QED) is 0.503. The largest absolute Gasteiger partial charge is 0.465 e. The Balaban J connectivity index is 2.49. The number of ketones is 1. The van der Waals surface area contributed by atoms with Crippen molar-refractivity contribution >= 4 is 11.9 Å². The van der Waals surface area contributed by atoms with Crippen molar-refractivity contribution in [3.05, 3.63) is 48.6 Å². The molecule has 0 aliphatic rings. The van der Waals surface area contributed by atoms with Gasteiger partial charge in [0.05, 0.1) is 0 Å². The molecule has 0 saturated carbocycles. The summed E-state index contributed by atoms with van der Waals surface area (Å²) in [5.41, 5.74) is 0.691. The second-order valence-electron chi connectivity index (χ2n) is 5.00. The van der Waals surface area contributed by atoms with E-state index < -0.39 is 12.1 Å². The lowest BCUT2D eigenvalue weighted by Crippen LogP contribution is -2.32. The zero-order chi connectivity index (χ0) is 15.5. The topological polar surface area (TPSA) is 66.4 Å². The fourth-order valence-electron chi connectivity index (χ4n) is 2.20. The molecular formula is C17H23NO3. The summed E-state index contributed by atoms with van der Waals surface area (Å²) in [5.74, 6) is -0.0766. The molecule has 1 unspecified atom stereocenters. The van der Waals surface area contributed by atoms with Gasteiger partial charge in [-0.25, -0.2) is 4.79 Å². The van der Waals surface area contributed by atoms with Crippen LogP contribution < -0.4 is 5.32 Å². The van der Waals surface area contributed by atoms with Crippen LogP contribution in [0.2, 0.25) is 0 Å². The number of allylic oxidation sites excluding steroid dienone is 1. The minimum absolute atomic E-state index is 0.0766. The van der Waals surface area contributed by atoms with Crippen molar-refractivity contribution in [1.29, 1.82) is 0 Å². The van der Waals surface area contributed by atoms with Gasteiger partial charge < -0.3 is 10.4 Å². The number of carboxylic acid groups (broad SMARTS) is 1. The van der Waals surface area contributed by atoms with E-state index >= 15 is 0 Å². The van der Waals surface area contributed by atoms with Crippen molar-refractivity contribution < 1.29 is 14.7 Å². The van der Waals surface area contributed by atoms with Gasteiger partial charge >= 0.3 is 6.09 Å². The molecule has 0 aliphatic carbocycles. The number of amides is 1. The molecule has 114 valence electrons. The van der Waals surface area contributed by atoms with Gasteiger partial charge in [0.15, 0.2) is 5.78 Å². The van der Waals surface area contributed by atoms with Crippen LogP contribution in [-0.4, -0.2) is 17.0 Å². The van der Waals surface area contributed by atoms with Gasteiger partial charge in [0.1, 0.15) is 6.04 Å². The molecule has 0 aliphatic heterocycles. The van der Waals surface area contributed by atoms with E-state index in [9.17, 15) is 9.59 Å². The molecule has 2 N–H and O–H groups in total. The molecule has 21 heavy (non-hydrogen) atoms. The molecule has 0 fully saturated rings. The molecular weight excluding hydrogens is 266 g/mol. The van der Waals surface area contributed by atoms with E-state index in [1.54, 1.807) is 24.3 Å².